The van der Waals surface area contributed by atoms with E-state index < -0.39 is 18.3 Å². The van der Waals surface area contributed by atoms with Crippen LogP contribution in [0.1, 0.15) is 45.5 Å². The number of aromatic nitrogens is 5. The molecule has 0 radical (unpaired) electrons. The molecule has 0 unspecified atom stereocenters. The first-order valence-corrected chi connectivity index (χ1v) is 7.97. The molecule has 3 aromatic rings. The summed E-state index contributed by atoms with van der Waals surface area (Å²) in [4.78, 5) is 28.8. The Kier molecular flexibility index (Phi) is 4.84. The summed E-state index contributed by atoms with van der Waals surface area (Å²) in [7, 11) is 1.53. The van der Waals surface area contributed by atoms with Crippen molar-refractivity contribution >= 4 is 23.3 Å². The van der Waals surface area contributed by atoms with Crippen molar-refractivity contribution in [1.82, 2.24) is 24.4 Å². The molecule has 1 amide bonds. The SMILES string of the molecule is CCOC(=O)c1cnn(C)c1NC(=O)c1cnn2c(C(F)F)cc(C)nc12. The second-order valence-corrected chi connectivity index (χ2v) is 5.62. The molecule has 0 spiro atoms. The van der Waals surface area contributed by atoms with Gasteiger partial charge in [-0.3, -0.25) is 9.48 Å². The van der Waals surface area contributed by atoms with Gasteiger partial charge in [0.1, 0.15) is 22.6 Å². The quantitative estimate of drug-likeness (QED) is 0.682. The maximum absolute atomic E-state index is 13.2. The number of ether oxygens (including phenoxy) is 1. The average Bonchev–Trinajstić information content (AvgIpc) is 3.18. The van der Waals surface area contributed by atoms with Gasteiger partial charge < -0.3 is 10.1 Å². The number of hydrogen-bond acceptors (Lipinski definition) is 6. The monoisotopic (exact) mass is 378 g/mol. The Morgan fingerprint density at radius 1 is 1.26 bits per heavy atom. The molecule has 0 fully saturated rings. The molecule has 3 heterocycles. The fourth-order valence-electron chi connectivity index (χ4n) is 2.55. The third-order valence-electron chi connectivity index (χ3n) is 3.76. The summed E-state index contributed by atoms with van der Waals surface area (Å²) < 4.78 is 33.6. The highest BCUT2D eigenvalue weighted by atomic mass is 19.3. The molecule has 3 aromatic heterocycles. The van der Waals surface area contributed by atoms with Crippen molar-refractivity contribution in [1.29, 1.82) is 0 Å². The number of carbonyl (C=O) groups excluding carboxylic acids is 2. The van der Waals surface area contributed by atoms with Gasteiger partial charge in [0, 0.05) is 12.7 Å². The Balaban J connectivity index is 1.99. The maximum atomic E-state index is 13.2. The first kappa shape index (κ1) is 18.4. The number of nitrogens with zero attached hydrogens (tertiary/aromatic N) is 5. The van der Waals surface area contributed by atoms with Crippen molar-refractivity contribution in [2.75, 3.05) is 11.9 Å². The zero-order valence-corrected chi connectivity index (χ0v) is 14.7. The van der Waals surface area contributed by atoms with Crippen LogP contribution in [-0.2, 0) is 11.8 Å². The molecule has 0 aliphatic carbocycles. The highest BCUT2D eigenvalue weighted by Crippen LogP contribution is 2.23. The van der Waals surface area contributed by atoms with Crippen molar-refractivity contribution in [2.45, 2.75) is 20.3 Å². The van der Waals surface area contributed by atoms with Gasteiger partial charge in [-0.2, -0.15) is 10.2 Å². The molecule has 142 valence electrons. The highest BCUT2D eigenvalue weighted by Gasteiger charge is 2.23. The summed E-state index contributed by atoms with van der Waals surface area (Å²) in [6.45, 7) is 3.36. The Morgan fingerprint density at radius 3 is 2.63 bits per heavy atom. The van der Waals surface area contributed by atoms with Gasteiger partial charge in [-0.15, -0.1) is 0 Å². The summed E-state index contributed by atoms with van der Waals surface area (Å²) in [5.74, 6) is -1.20. The number of alkyl halides is 2. The lowest BCUT2D eigenvalue weighted by Crippen LogP contribution is -2.18. The van der Waals surface area contributed by atoms with Crippen LogP contribution in [0.15, 0.2) is 18.5 Å². The molecule has 11 heteroatoms. The summed E-state index contributed by atoms with van der Waals surface area (Å²) in [6.07, 6.45) is -0.373. The second kappa shape index (κ2) is 7.09. The van der Waals surface area contributed by atoms with Crippen LogP contribution in [0.3, 0.4) is 0 Å². The molecule has 9 nitrogen and oxygen atoms in total. The zero-order valence-electron chi connectivity index (χ0n) is 14.7. The van der Waals surface area contributed by atoms with E-state index in [1.54, 1.807) is 13.8 Å². The Bertz CT molecular complexity index is 1030. The predicted molar refractivity (Wildman–Crippen MR) is 89.8 cm³/mol. The minimum absolute atomic E-state index is 0.0114. The Labute approximate surface area is 151 Å². The maximum Gasteiger partial charge on any atom is 0.343 e. The molecule has 0 aliphatic heterocycles. The van der Waals surface area contributed by atoms with Crippen LogP contribution in [0.5, 0.6) is 0 Å². The fourth-order valence-corrected chi connectivity index (χ4v) is 2.55. The highest BCUT2D eigenvalue weighted by molar-refractivity contribution is 6.10. The van der Waals surface area contributed by atoms with E-state index in [-0.39, 0.29) is 34.9 Å². The van der Waals surface area contributed by atoms with E-state index >= 15 is 0 Å². The summed E-state index contributed by atoms with van der Waals surface area (Å²) in [6, 6.07) is 1.20. The third kappa shape index (κ3) is 3.35. The summed E-state index contributed by atoms with van der Waals surface area (Å²) >= 11 is 0. The van der Waals surface area contributed by atoms with Gasteiger partial charge in [0.15, 0.2) is 5.65 Å². The number of carbonyl (C=O) groups is 2. The molecule has 0 saturated carbocycles. The predicted octanol–water partition coefficient (Wildman–Crippen LogP) is 2.14. The van der Waals surface area contributed by atoms with E-state index in [2.05, 4.69) is 20.5 Å². The van der Waals surface area contributed by atoms with Crippen LogP contribution in [0.25, 0.3) is 5.65 Å². The average molecular weight is 378 g/mol. The van der Waals surface area contributed by atoms with E-state index in [0.29, 0.717) is 5.69 Å². The standard InChI is InChI=1S/C16H16F2N6O3/c1-4-27-16(26)10-7-19-23(3)13(10)22-15(25)9-6-20-24-11(12(17)18)5-8(2)21-14(9)24/h5-7,12H,4H2,1-3H3,(H,22,25). The van der Waals surface area contributed by atoms with Crippen molar-refractivity contribution in [3.05, 3.63) is 41.0 Å². The van der Waals surface area contributed by atoms with Gasteiger partial charge in [0.05, 0.1) is 19.0 Å². The first-order valence-electron chi connectivity index (χ1n) is 7.97. The number of hydrogen-bond donors (Lipinski definition) is 1. The van der Waals surface area contributed by atoms with Gasteiger partial charge in [0.2, 0.25) is 0 Å². The largest absolute Gasteiger partial charge is 0.462 e. The second-order valence-electron chi connectivity index (χ2n) is 5.62. The topological polar surface area (TPSA) is 103 Å². The molecular formula is C16H16F2N6O3. The Hall–Kier alpha value is -3.37. The van der Waals surface area contributed by atoms with Crippen LogP contribution in [0.2, 0.25) is 0 Å². The van der Waals surface area contributed by atoms with Crippen molar-refractivity contribution in [3.63, 3.8) is 0 Å². The molecule has 3 rings (SSSR count). The lowest BCUT2D eigenvalue weighted by molar-refractivity contribution is 0.0527. The molecule has 0 saturated heterocycles. The number of aryl methyl sites for hydroxylation is 2. The number of halogens is 2. The van der Waals surface area contributed by atoms with Crippen molar-refractivity contribution in [3.8, 4) is 0 Å². The van der Waals surface area contributed by atoms with E-state index in [0.717, 1.165) is 10.7 Å². The van der Waals surface area contributed by atoms with Crippen LogP contribution in [0.4, 0.5) is 14.6 Å². The number of esters is 1. The van der Waals surface area contributed by atoms with E-state index in [4.69, 9.17) is 4.74 Å². The normalized spacial score (nSPS) is 11.2. The number of fused-ring (bicyclic) bond motifs is 1. The molecule has 0 bridgehead atoms. The van der Waals surface area contributed by atoms with Crippen LogP contribution < -0.4 is 5.32 Å². The number of amides is 1. The molecule has 1 N–H and O–H groups in total. The molecule has 0 atom stereocenters. The molecular weight excluding hydrogens is 362 g/mol. The smallest absolute Gasteiger partial charge is 0.343 e. The number of rotatable bonds is 5. The van der Waals surface area contributed by atoms with Crippen LogP contribution in [0, 0.1) is 6.92 Å². The van der Waals surface area contributed by atoms with Gasteiger partial charge >= 0.3 is 5.97 Å². The van der Waals surface area contributed by atoms with E-state index in [1.165, 1.54) is 24.0 Å². The lowest BCUT2D eigenvalue weighted by Gasteiger charge is -2.08. The number of anilines is 1. The van der Waals surface area contributed by atoms with E-state index in [1.807, 2.05) is 0 Å². The number of nitrogens with one attached hydrogen (secondary N) is 1. The van der Waals surface area contributed by atoms with Crippen molar-refractivity contribution < 1.29 is 23.1 Å². The molecule has 0 aromatic carbocycles. The van der Waals surface area contributed by atoms with Gasteiger partial charge in [-0.05, 0) is 19.9 Å². The van der Waals surface area contributed by atoms with Gasteiger partial charge in [-0.1, -0.05) is 0 Å². The first-order chi connectivity index (χ1) is 12.8. The minimum atomic E-state index is -2.78. The van der Waals surface area contributed by atoms with Crippen molar-refractivity contribution in [2.24, 2.45) is 7.05 Å². The van der Waals surface area contributed by atoms with Gasteiger partial charge in [0.25, 0.3) is 12.3 Å². The Morgan fingerprint density at radius 2 is 1.96 bits per heavy atom. The van der Waals surface area contributed by atoms with Crippen LogP contribution >= 0.6 is 0 Å². The summed E-state index contributed by atoms with van der Waals surface area (Å²) in [5.41, 5.74) is -0.00904. The van der Waals surface area contributed by atoms with Gasteiger partial charge in [-0.25, -0.2) is 23.1 Å². The van der Waals surface area contributed by atoms with Crippen LogP contribution in [-0.4, -0.2) is 42.9 Å². The molecule has 27 heavy (non-hydrogen) atoms. The zero-order chi connectivity index (χ0) is 19.7. The van der Waals surface area contributed by atoms with E-state index in [9.17, 15) is 18.4 Å². The fraction of sp³-hybridized carbons (Fsp3) is 0.312. The third-order valence-corrected chi connectivity index (χ3v) is 3.76. The summed E-state index contributed by atoms with van der Waals surface area (Å²) in [5, 5.41) is 10.3. The minimum Gasteiger partial charge on any atom is -0.462 e. The molecule has 0 aliphatic rings. The lowest BCUT2D eigenvalue weighted by atomic mass is 10.2.